The minimum Gasteiger partial charge on any atom is -0.463 e. The summed E-state index contributed by atoms with van der Waals surface area (Å²) in [5.74, 6) is -0.290. The maximum Gasteiger partial charge on any atom is 0.234 e. The monoisotopic (exact) mass is 250 g/mol. The third-order valence-electron chi connectivity index (χ3n) is 2.88. The molecule has 4 N–H and O–H groups in total. The molecule has 1 amide bonds. The van der Waals surface area contributed by atoms with Gasteiger partial charge in [0.15, 0.2) is 0 Å². The molecule has 5 nitrogen and oxygen atoms in total. The highest BCUT2D eigenvalue weighted by atomic mass is 16.7. The first-order valence-electron chi connectivity index (χ1n) is 5.87. The summed E-state index contributed by atoms with van der Waals surface area (Å²) in [7, 11) is 0. The topological polar surface area (TPSA) is 87.6 Å². The molecule has 0 fully saturated rings. The molecule has 1 aromatic rings. The van der Waals surface area contributed by atoms with Crippen molar-refractivity contribution in [3.8, 4) is 5.75 Å². The molecule has 0 bridgehead atoms. The van der Waals surface area contributed by atoms with Gasteiger partial charge in [-0.1, -0.05) is 6.07 Å². The zero-order valence-electron chi connectivity index (χ0n) is 10.6. The molecule has 2 rings (SSSR count). The van der Waals surface area contributed by atoms with Gasteiger partial charge in [0.1, 0.15) is 5.75 Å². The number of hydrogen-bond donors (Lipinski definition) is 2. The van der Waals surface area contributed by atoms with E-state index in [0.29, 0.717) is 13.0 Å². The second-order valence-corrected chi connectivity index (χ2v) is 4.95. The second kappa shape index (κ2) is 4.59. The Morgan fingerprint density at radius 3 is 2.89 bits per heavy atom. The summed E-state index contributed by atoms with van der Waals surface area (Å²) < 4.78 is 11.2. The Bertz CT molecular complexity index is 471. The second-order valence-electron chi connectivity index (χ2n) is 4.95. The Labute approximate surface area is 106 Å². The number of carbonyl (C=O) groups is 1. The SMILES string of the molecule is CC1(C)OCc2cc(C[C@H](N)C(N)=O)ccc2O1. The summed E-state index contributed by atoms with van der Waals surface area (Å²) in [6.45, 7) is 4.22. The first kappa shape index (κ1) is 12.9. The number of carbonyl (C=O) groups excluding carboxylic acids is 1. The van der Waals surface area contributed by atoms with Crippen LogP contribution < -0.4 is 16.2 Å². The van der Waals surface area contributed by atoms with E-state index in [1.165, 1.54) is 0 Å². The van der Waals surface area contributed by atoms with E-state index in [1.807, 2.05) is 32.0 Å². The van der Waals surface area contributed by atoms with Crippen molar-refractivity contribution < 1.29 is 14.3 Å². The lowest BCUT2D eigenvalue weighted by molar-refractivity contribution is -0.180. The first-order chi connectivity index (χ1) is 8.37. The van der Waals surface area contributed by atoms with Crippen LogP contribution in [0.1, 0.15) is 25.0 Å². The largest absolute Gasteiger partial charge is 0.463 e. The van der Waals surface area contributed by atoms with Gasteiger partial charge in [-0.3, -0.25) is 4.79 Å². The van der Waals surface area contributed by atoms with Gasteiger partial charge in [0, 0.05) is 19.4 Å². The van der Waals surface area contributed by atoms with Crippen LogP contribution in [-0.2, 0) is 22.6 Å². The molecule has 1 aliphatic rings. The third kappa shape index (κ3) is 2.80. The molecule has 0 aliphatic carbocycles. The van der Waals surface area contributed by atoms with Gasteiger partial charge in [0.25, 0.3) is 0 Å². The normalized spacial score (nSPS) is 18.6. The Morgan fingerprint density at radius 2 is 2.22 bits per heavy atom. The zero-order valence-corrected chi connectivity index (χ0v) is 10.6. The van der Waals surface area contributed by atoms with Crippen molar-refractivity contribution in [3.63, 3.8) is 0 Å². The lowest BCUT2D eigenvalue weighted by atomic mass is 10.0. The summed E-state index contributed by atoms with van der Waals surface area (Å²) in [5, 5.41) is 0. The third-order valence-corrected chi connectivity index (χ3v) is 2.88. The van der Waals surface area contributed by atoms with E-state index < -0.39 is 17.7 Å². The fourth-order valence-corrected chi connectivity index (χ4v) is 1.87. The van der Waals surface area contributed by atoms with Crippen molar-refractivity contribution in [1.29, 1.82) is 0 Å². The molecule has 5 heteroatoms. The lowest BCUT2D eigenvalue weighted by Crippen LogP contribution is -2.38. The number of fused-ring (bicyclic) bond motifs is 1. The minimum absolute atomic E-state index is 0.423. The Morgan fingerprint density at radius 1 is 1.50 bits per heavy atom. The van der Waals surface area contributed by atoms with Gasteiger partial charge in [-0.2, -0.15) is 0 Å². The van der Waals surface area contributed by atoms with Crippen LogP contribution in [0.5, 0.6) is 5.75 Å². The smallest absolute Gasteiger partial charge is 0.234 e. The fourth-order valence-electron chi connectivity index (χ4n) is 1.87. The number of hydrogen-bond acceptors (Lipinski definition) is 4. The highest BCUT2D eigenvalue weighted by Gasteiger charge is 2.27. The van der Waals surface area contributed by atoms with Crippen molar-refractivity contribution >= 4 is 5.91 Å². The fraction of sp³-hybridized carbons (Fsp3) is 0.462. The van der Waals surface area contributed by atoms with Gasteiger partial charge in [0.05, 0.1) is 12.6 Å². The van der Waals surface area contributed by atoms with E-state index in [1.54, 1.807) is 0 Å². The number of ether oxygens (including phenoxy) is 2. The molecule has 0 spiro atoms. The van der Waals surface area contributed by atoms with Crippen molar-refractivity contribution in [2.75, 3.05) is 0 Å². The molecule has 1 atom stereocenters. The molecule has 1 aliphatic heterocycles. The predicted octanol–water partition coefficient (Wildman–Crippen LogP) is 0.687. The molecular formula is C13H18N2O3. The standard InChI is InChI=1S/C13H18N2O3/c1-13(2)17-7-9-5-8(3-4-11(9)18-13)6-10(14)12(15)16/h3-5,10H,6-7,14H2,1-2H3,(H2,15,16)/t10-/m0/s1. The van der Waals surface area contributed by atoms with E-state index in [2.05, 4.69) is 0 Å². The van der Waals surface area contributed by atoms with Crippen LogP contribution in [0.25, 0.3) is 0 Å². The van der Waals surface area contributed by atoms with Crippen molar-refractivity contribution in [2.24, 2.45) is 11.5 Å². The minimum atomic E-state index is -0.662. The number of rotatable bonds is 3. The van der Waals surface area contributed by atoms with Gasteiger partial charge in [0.2, 0.25) is 11.7 Å². The van der Waals surface area contributed by atoms with Crippen LogP contribution in [-0.4, -0.2) is 17.7 Å². The van der Waals surface area contributed by atoms with Crippen LogP contribution in [0, 0.1) is 0 Å². The molecule has 0 aromatic heterocycles. The maximum absolute atomic E-state index is 10.9. The number of benzene rings is 1. The summed E-state index contributed by atoms with van der Waals surface area (Å²) in [4.78, 5) is 10.9. The van der Waals surface area contributed by atoms with Crippen LogP contribution in [0.3, 0.4) is 0 Å². The highest BCUT2D eigenvalue weighted by Crippen LogP contribution is 2.31. The van der Waals surface area contributed by atoms with Gasteiger partial charge in [-0.05, 0) is 24.1 Å². The molecule has 0 saturated heterocycles. The van der Waals surface area contributed by atoms with Crippen LogP contribution in [0.15, 0.2) is 18.2 Å². The van der Waals surface area contributed by atoms with E-state index in [-0.39, 0.29) is 0 Å². The molecule has 1 heterocycles. The van der Waals surface area contributed by atoms with E-state index >= 15 is 0 Å². The molecular weight excluding hydrogens is 232 g/mol. The molecule has 0 saturated carbocycles. The summed E-state index contributed by atoms with van der Waals surface area (Å²) in [6.07, 6.45) is 0.423. The quantitative estimate of drug-likeness (QED) is 0.826. The van der Waals surface area contributed by atoms with Gasteiger partial charge < -0.3 is 20.9 Å². The van der Waals surface area contributed by atoms with E-state index in [4.69, 9.17) is 20.9 Å². The zero-order chi connectivity index (χ0) is 13.3. The maximum atomic E-state index is 10.9. The summed E-state index contributed by atoms with van der Waals surface area (Å²) >= 11 is 0. The van der Waals surface area contributed by atoms with Gasteiger partial charge >= 0.3 is 0 Å². The van der Waals surface area contributed by atoms with Crippen LogP contribution in [0.2, 0.25) is 0 Å². The van der Waals surface area contributed by atoms with Gasteiger partial charge in [-0.25, -0.2) is 0 Å². The molecule has 1 aromatic carbocycles. The highest BCUT2D eigenvalue weighted by molar-refractivity contribution is 5.79. The molecule has 0 radical (unpaired) electrons. The molecule has 98 valence electrons. The number of amides is 1. The van der Waals surface area contributed by atoms with E-state index in [9.17, 15) is 4.79 Å². The predicted molar refractivity (Wildman–Crippen MR) is 66.8 cm³/mol. The molecule has 18 heavy (non-hydrogen) atoms. The van der Waals surface area contributed by atoms with Crippen molar-refractivity contribution in [3.05, 3.63) is 29.3 Å². The average molecular weight is 250 g/mol. The van der Waals surface area contributed by atoms with E-state index in [0.717, 1.165) is 16.9 Å². The van der Waals surface area contributed by atoms with Crippen LogP contribution >= 0.6 is 0 Å². The Kier molecular flexibility index (Phi) is 3.28. The molecule has 0 unspecified atom stereocenters. The van der Waals surface area contributed by atoms with Crippen LogP contribution in [0.4, 0.5) is 0 Å². The Balaban J connectivity index is 2.16. The summed E-state index contributed by atoms with van der Waals surface area (Å²) in [5.41, 5.74) is 12.7. The summed E-state index contributed by atoms with van der Waals surface area (Å²) in [6, 6.07) is 5.05. The van der Waals surface area contributed by atoms with Crippen molar-refractivity contribution in [1.82, 2.24) is 0 Å². The lowest BCUT2D eigenvalue weighted by Gasteiger charge is -2.32. The van der Waals surface area contributed by atoms with Crippen molar-refractivity contribution in [2.45, 2.75) is 38.7 Å². The number of nitrogens with two attached hydrogens (primary N) is 2. The Hall–Kier alpha value is -1.59. The van der Waals surface area contributed by atoms with Gasteiger partial charge in [-0.15, -0.1) is 0 Å². The number of primary amides is 1. The average Bonchev–Trinajstić information content (AvgIpc) is 2.28. The first-order valence-corrected chi connectivity index (χ1v) is 5.87.